The molecule has 34 heavy (non-hydrogen) atoms. The highest BCUT2D eigenvalue weighted by molar-refractivity contribution is 6.00. The van der Waals surface area contributed by atoms with Crippen LogP contribution in [0.3, 0.4) is 0 Å². The van der Waals surface area contributed by atoms with Gasteiger partial charge in [0.25, 0.3) is 11.5 Å². The van der Waals surface area contributed by atoms with Crippen LogP contribution in [-0.2, 0) is 9.47 Å². The Morgan fingerprint density at radius 1 is 1.24 bits per heavy atom. The van der Waals surface area contributed by atoms with Gasteiger partial charge in [-0.3, -0.25) is 9.59 Å². The SMILES string of the molecule is CNc1cc(Nc2cccn(C3CCOCC3)c2=O)nc2c(C(=O)N[C@@H]3COC[C@@H]3O)cnn12. The molecule has 0 radical (unpaired) electrons. The third-order valence-electron chi connectivity index (χ3n) is 6.16. The molecule has 12 heteroatoms. The number of aliphatic hydroxyl groups is 1. The summed E-state index contributed by atoms with van der Waals surface area (Å²) in [6.45, 7) is 1.68. The summed E-state index contributed by atoms with van der Waals surface area (Å²) in [5.41, 5.74) is 0.779. The van der Waals surface area contributed by atoms with Gasteiger partial charge in [-0.2, -0.15) is 9.61 Å². The van der Waals surface area contributed by atoms with Gasteiger partial charge in [-0.25, -0.2) is 4.98 Å². The van der Waals surface area contributed by atoms with Crippen LogP contribution in [0.1, 0.15) is 29.2 Å². The maximum absolute atomic E-state index is 13.1. The molecule has 180 valence electrons. The number of fused-ring (bicyclic) bond motifs is 1. The number of anilines is 3. The van der Waals surface area contributed by atoms with E-state index < -0.39 is 18.1 Å². The largest absolute Gasteiger partial charge is 0.388 e. The molecule has 0 spiro atoms. The highest BCUT2D eigenvalue weighted by Gasteiger charge is 2.29. The van der Waals surface area contributed by atoms with E-state index >= 15 is 0 Å². The topological polar surface area (TPSA) is 144 Å². The molecule has 0 saturated carbocycles. The summed E-state index contributed by atoms with van der Waals surface area (Å²) in [6.07, 6.45) is 4.02. The van der Waals surface area contributed by atoms with E-state index in [4.69, 9.17) is 9.47 Å². The summed E-state index contributed by atoms with van der Waals surface area (Å²) in [4.78, 5) is 30.6. The molecule has 2 atom stereocenters. The first-order chi connectivity index (χ1) is 16.5. The van der Waals surface area contributed by atoms with Gasteiger partial charge < -0.3 is 35.1 Å². The van der Waals surface area contributed by atoms with Gasteiger partial charge in [0.15, 0.2) is 5.65 Å². The number of carbonyl (C=O) groups excluding carboxylic acids is 1. The van der Waals surface area contributed by atoms with E-state index in [1.165, 1.54) is 10.7 Å². The van der Waals surface area contributed by atoms with Crippen molar-refractivity contribution in [1.29, 1.82) is 0 Å². The second-order valence-electron chi connectivity index (χ2n) is 8.36. The van der Waals surface area contributed by atoms with Crippen LogP contribution >= 0.6 is 0 Å². The molecule has 2 saturated heterocycles. The monoisotopic (exact) mass is 469 g/mol. The second-order valence-corrected chi connectivity index (χ2v) is 8.36. The lowest BCUT2D eigenvalue weighted by atomic mass is 10.1. The van der Waals surface area contributed by atoms with Gasteiger partial charge in [-0.15, -0.1) is 0 Å². The number of rotatable bonds is 6. The molecule has 0 unspecified atom stereocenters. The molecule has 2 aliphatic rings. The number of ether oxygens (including phenoxy) is 2. The highest BCUT2D eigenvalue weighted by atomic mass is 16.5. The van der Waals surface area contributed by atoms with Crippen molar-refractivity contribution in [1.82, 2.24) is 24.5 Å². The Balaban J connectivity index is 1.46. The van der Waals surface area contributed by atoms with E-state index in [2.05, 4.69) is 26.0 Å². The van der Waals surface area contributed by atoms with Crippen LogP contribution in [0.2, 0.25) is 0 Å². The number of pyridine rings is 1. The Morgan fingerprint density at radius 2 is 2.06 bits per heavy atom. The molecule has 0 aromatic carbocycles. The maximum atomic E-state index is 13.1. The average molecular weight is 470 g/mol. The van der Waals surface area contributed by atoms with Crippen LogP contribution in [0.5, 0.6) is 0 Å². The molecular formula is C22H27N7O5. The van der Waals surface area contributed by atoms with Crippen molar-refractivity contribution in [3.8, 4) is 0 Å². The zero-order chi connectivity index (χ0) is 23.7. The predicted octanol–water partition coefficient (Wildman–Crippen LogP) is 0.517. The van der Waals surface area contributed by atoms with Crippen LogP contribution < -0.4 is 21.5 Å². The van der Waals surface area contributed by atoms with Crippen molar-refractivity contribution in [2.45, 2.75) is 31.0 Å². The minimum absolute atomic E-state index is 0.0892. The van der Waals surface area contributed by atoms with Gasteiger partial charge in [0.05, 0.1) is 31.6 Å². The number of aliphatic hydroxyl groups excluding tert-OH is 1. The normalized spacial score (nSPS) is 21.0. The Morgan fingerprint density at radius 3 is 2.79 bits per heavy atom. The van der Waals surface area contributed by atoms with Crippen LogP contribution in [0.25, 0.3) is 5.65 Å². The first-order valence-corrected chi connectivity index (χ1v) is 11.2. The molecule has 2 fully saturated rings. The minimum atomic E-state index is -0.764. The lowest BCUT2D eigenvalue weighted by Gasteiger charge is -2.24. The molecule has 4 N–H and O–H groups in total. The third kappa shape index (κ3) is 4.22. The fourth-order valence-electron chi connectivity index (χ4n) is 4.29. The van der Waals surface area contributed by atoms with E-state index in [-0.39, 0.29) is 30.4 Å². The van der Waals surface area contributed by atoms with E-state index in [9.17, 15) is 14.7 Å². The first kappa shape index (κ1) is 22.3. The zero-order valence-corrected chi connectivity index (χ0v) is 18.7. The van der Waals surface area contributed by atoms with Crippen LogP contribution in [0.15, 0.2) is 35.4 Å². The average Bonchev–Trinajstić information content (AvgIpc) is 3.46. The molecule has 3 aromatic heterocycles. The van der Waals surface area contributed by atoms with Crippen molar-refractivity contribution in [3.63, 3.8) is 0 Å². The van der Waals surface area contributed by atoms with Gasteiger partial charge in [0.1, 0.15) is 22.9 Å². The van der Waals surface area contributed by atoms with E-state index in [0.29, 0.717) is 36.2 Å². The number of amides is 1. The molecule has 0 bridgehead atoms. The highest BCUT2D eigenvalue weighted by Crippen LogP contribution is 2.23. The molecule has 12 nitrogen and oxygen atoms in total. The summed E-state index contributed by atoms with van der Waals surface area (Å²) < 4.78 is 13.9. The lowest BCUT2D eigenvalue weighted by Crippen LogP contribution is -2.42. The van der Waals surface area contributed by atoms with Gasteiger partial charge in [-0.1, -0.05) is 0 Å². The summed E-state index contributed by atoms with van der Waals surface area (Å²) in [5.74, 6) is 0.548. The van der Waals surface area contributed by atoms with Crippen molar-refractivity contribution in [3.05, 3.63) is 46.5 Å². The van der Waals surface area contributed by atoms with Gasteiger partial charge in [0, 0.05) is 38.6 Å². The Kier molecular flexibility index (Phi) is 6.18. The molecule has 0 aliphatic carbocycles. The first-order valence-electron chi connectivity index (χ1n) is 11.2. The summed E-state index contributed by atoms with van der Waals surface area (Å²) >= 11 is 0. The summed E-state index contributed by atoms with van der Waals surface area (Å²) in [7, 11) is 1.73. The summed E-state index contributed by atoms with van der Waals surface area (Å²) in [5, 5.41) is 23.1. The second kappa shape index (κ2) is 9.41. The van der Waals surface area contributed by atoms with E-state index in [0.717, 1.165) is 12.8 Å². The molecule has 3 aromatic rings. The molecule has 1 amide bonds. The smallest absolute Gasteiger partial charge is 0.274 e. The number of nitrogens with one attached hydrogen (secondary N) is 3. The fraction of sp³-hybridized carbons (Fsp3) is 0.455. The maximum Gasteiger partial charge on any atom is 0.274 e. The van der Waals surface area contributed by atoms with Crippen LogP contribution in [-0.4, -0.2) is 75.8 Å². The Bertz CT molecular complexity index is 1250. The van der Waals surface area contributed by atoms with Crippen molar-refractivity contribution in [2.24, 2.45) is 0 Å². The van der Waals surface area contributed by atoms with Crippen molar-refractivity contribution in [2.75, 3.05) is 44.1 Å². The lowest BCUT2D eigenvalue weighted by molar-refractivity contribution is 0.0687. The number of carbonyl (C=O) groups is 1. The van der Waals surface area contributed by atoms with Crippen molar-refractivity contribution < 1.29 is 19.4 Å². The fourth-order valence-corrected chi connectivity index (χ4v) is 4.29. The summed E-state index contributed by atoms with van der Waals surface area (Å²) in [6, 6.07) is 4.83. The molecule has 5 heterocycles. The van der Waals surface area contributed by atoms with Crippen molar-refractivity contribution >= 4 is 28.9 Å². The standard InChI is InChI=1S/C22H27N7O5/c1-23-19-9-18(25-15-3-2-6-28(22(15)32)13-4-7-33-8-5-13)27-20-14(10-24-29(19)20)21(31)26-16-11-34-12-17(16)30/h2-3,6,9-10,13,16-17,23,30H,4-5,7-8,11-12H2,1H3,(H,25,27)(H,26,31)/t16-,17+/m1/s1. The molecule has 2 aliphatic heterocycles. The van der Waals surface area contributed by atoms with Crippen LogP contribution in [0.4, 0.5) is 17.3 Å². The van der Waals surface area contributed by atoms with Crippen LogP contribution in [0, 0.1) is 0 Å². The zero-order valence-electron chi connectivity index (χ0n) is 18.7. The van der Waals surface area contributed by atoms with E-state index in [1.54, 1.807) is 29.9 Å². The minimum Gasteiger partial charge on any atom is -0.388 e. The number of hydrogen-bond acceptors (Lipinski definition) is 9. The van der Waals surface area contributed by atoms with Gasteiger partial charge in [-0.05, 0) is 25.0 Å². The predicted molar refractivity (Wildman–Crippen MR) is 124 cm³/mol. The molecular weight excluding hydrogens is 442 g/mol. The number of hydrogen-bond donors (Lipinski definition) is 4. The number of nitrogens with zero attached hydrogens (tertiary/aromatic N) is 4. The Labute approximate surface area is 194 Å². The quantitative estimate of drug-likeness (QED) is 0.406. The third-order valence-corrected chi connectivity index (χ3v) is 6.16. The Hall–Kier alpha value is -3.48. The molecule has 5 rings (SSSR count). The van der Waals surface area contributed by atoms with Gasteiger partial charge in [0.2, 0.25) is 0 Å². The van der Waals surface area contributed by atoms with E-state index in [1.807, 2.05) is 6.07 Å². The van der Waals surface area contributed by atoms with Gasteiger partial charge >= 0.3 is 0 Å². The number of aromatic nitrogens is 4.